The fraction of sp³-hybridized carbons (Fsp3) is 0.263. The summed E-state index contributed by atoms with van der Waals surface area (Å²) in [5, 5.41) is 9.09. The smallest absolute Gasteiger partial charge is 0.335 e. The van der Waals surface area contributed by atoms with E-state index in [0.717, 1.165) is 12.1 Å². The van der Waals surface area contributed by atoms with Gasteiger partial charge in [0, 0.05) is 36.8 Å². The fourth-order valence-electron chi connectivity index (χ4n) is 2.40. The molecule has 2 aromatic rings. The molecule has 7 heteroatoms. The molecule has 0 unspecified atom stereocenters. The minimum atomic E-state index is -1.14. The largest absolute Gasteiger partial charge is 0.478 e. The highest BCUT2D eigenvalue weighted by molar-refractivity contribution is 5.97. The minimum absolute atomic E-state index is 0.00336. The monoisotopic (exact) mass is 362 g/mol. The van der Waals surface area contributed by atoms with Crippen molar-refractivity contribution in [2.24, 2.45) is 0 Å². The minimum Gasteiger partial charge on any atom is -0.478 e. The van der Waals surface area contributed by atoms with E-state index in [9.17, 15) is 18.4 Å². The first kappa shape index (κ1) is 19.5. The van der Waals surface area contributed by atoms with Gasteiger partial charge in [-0.05, 0) is 38.4 Å². The summed E-state index contributed by atoms with van der Waals surface area (Å²) in [7, 11) is 3.68. The van der Waals surface area contributed by atoms with Crippen molar-refractivity contribution < 1.29 is 23.5 Å². The van der Waals surface area contributed by atoms with E-state index in [0.29, 0.717) is 13.1 Å². The van der Waals surface area contributed by atoms with Crippen LogP contribution in [0.5, 0.6) is 0 Å². The number of carbonyl (C=O) groups excluding carboxylic acids is 1. The Bertz CT molecular complexity index is 809. The fourth-order valence-corrected chi connectivity index (χ4v) is 2.40. The van der Waals surface area contributed by atoms with Gasteiger partial charge < -0.3 is 14.9 Å². The lowest BCUT2D eigenvalue weighted by Gasteiger charge is -2.25. The van der Waals surface area contributed by atoms with Crippen molar-refractivity contribution in [3.05, 3.63) is 70.8 Å². The van der Waals surface area contributed by atoms with Crippen LogP contribution in [0.25, 0.3) is 0 Å². The molecule has 0 aliphatic heterocycles. The summed E-state index contributed by atoms with van der Waals surface area (Å²) in [6, 6.07) is 8.89. The van der Waals surface area contributed by atoms with Crippen molar-refractivity contribution in [2.45, 2.75) is 6.54 Å². The number of nitrogens with zero attached hydrogens (tertiary/aromatic N) is 2. The Labute approximate surface area is 150 Å². The van der Waals surface area contributed by atoms with Crippen molar-refractivity contribution in [3.63, 3.8) is 0 Å². The molecule has 0 atom stereocenters. The Morgan fingerprint density at radius 3 is 2.31 bits per heavy atom. The predicted octanol–water partition coefficient (Wildman–Crippen LogP) is 2.87. The summed E-state index contributed by atoms with van der Waals surface area (Å²) >= 11 is 0. The number of rotatable bonds is 7. The molecule has 0 saturated carbocycles. The second-order valence-electron chi connectivity index (χ2n) is 6.15. The number of amides is 1. The molecule has 0 aliphatic rings. The lowest BCUT2D eigenvalue weighted by Crippen LogP contribution is -2.36. The maximum atomic E-state index is 14.0. The maximum absolute atomic E-state index is 14.0. The standard InChI is InChI=1S/C19H20F2N2O3/c1-22(2)8-9-23(12-15-6-7-16(20)11-17(15)21)18(24)13-4-3-5-14(10-13)19(25)26/h3-7,10-11H,8-9,12H2,1-2H3,(H,25,26). The number of likely N-dealkylation sites (N-methyl/N-ethyl adjacent to an activating group) is 1. The van der Waals surface area contributed by atoms with E-state index in [1.165, 1.54) is 35.2 Å². The van der Waals surface area contributed by atoms with E-state index in [-0.39, 0.29) is 23.2 Å². The quantitative estimate of drug-likeness (QED) is 0.823. The van der Waals surface area contributed by atoms with Gasteiger partial charge in [0.25, 0.3) is 5.91 Å². The van der Waals surface area contributed by atoms with E-state index >= 15 is 0 Å². The van der Waals surface area contributed by atoms with Crippen LogP contribution in [0.2, 0.25) is 0 Å². The molecule has 26 heavy (non-hydrogen) atoms. The van der Waals surface area contributed by atoms with Crippen LogP contribution in [0.4, 0.5) is 8.78 Å². The SMILES string of the molecule is CN(C)CCN(Cc1ccc(F)cc1F)C(=O)c1cccc(C(=O)O)c1. The van der Waals surface area contributed by atoms with Gasteiger partial charge in [0.05, 0.1) is 5.56 Å². The summed E-state index contributed by atoms with van der Waals surface area (Å²) < 4.78 is 27.1. The van der Waals surface area contributed by atoms with Gasteiger partial charge in [0.1, 0.15) is 11.6 Å². The lowest BCUT2D eigenvalue weighted by molar-refractivity contribution is 0.0697. The van der Waals surface area contributed by atoms with Gasteiger partial charge in [-0.2, -0.15) is 0 Å². The number of aromatic carboxylic acids is 1. The number of carboxylic acids is 1. The number of hydrogen-bond donors (Lipinski definition) is 1. The summed E-state index contributed by atoms with van der Waals surface area (Å²) in [4.78, 5) is 27.2. The van der Waals surface area contributed by atoms with Crippen LogP contribution in [0, 0.1) is 11.6 Å². The van der Waals surface area contributed by atoms with E-state index in [4.69, 9.17) is 5.11 Å². The molecule has 0 radical (unpaired) electrons. The molecule has 2 aromatic carbocycles. The number of carboxylic acid groups (broad SMARTS) is 1. The molecule has 0 bridgehead atoms. The molecule has 5 nitrogen and oxygen atoms in total. The molecule has 138 valence electrons. The van der Waals surface area contributed by atoms with Gasteiger partial charge in [-0.3, -0.25) is 4.79 Å². The first-order valence-electron chi connectivity index (χ1n) is 7.99. The molecule has 0 heterocycles. The van der Waals surface area contributed by atoms with Crippen LogP contribution >= 0.6 is 0 Å². The zero-order chi connectivity index (χ0) is 19.3. The molecular weight excluding hydrogens is 342 g/mol. The van der Waals surface area contributed by atoms with E-state index in [1.54, 1.807) is 0 Å². The summed E-state index contributed by atoms with van der Waals surface area (Å²) in [5.41, 5.74) is 0.385. The third-order valence-electron chi connectivity index (χ3n) is 3.84. The molecular formula is C19H20F2N2O3. The summed E-state index contributed by atoms with van der Waals surface area (Å²) in [5.74, 6) is -2.97. The molecule has 0 spiro atoms. The van der Waals surface area contributed by atoms with Gasteiger partial charge >= 0.3 is 5.97 Å². The Hall–Kier alpha value is -2.80. The van der Waals surface area contributed by atoms with Crippen molar-refractivity contribution in [2.75, 3.05) is 27.2 Å². The topological polar surface area (TPSA) is 60.9 Å². The highest BCUT2D eigenvalue weighted by Gasteiger charge is 2.19. The van der Waals surface area contributed by atoms with Gasteiger partial charge in [0.15, 0.2) is 0 Å². The molecule has 1 amide bonds. The van der Waals surface area contributed by atoms with Crippen LogP contribution in [0.15, 0.2) is 42.5 Å². The van der Waals surface area contributed by atoms with Gasteiger partial charge in [-0.1, -0.05) is 12.1 Å². The Balaban J connectivity index is 2.29. The summed E-state index contributed by atoms with van der Waals surface area (Å²) in [6.07, 6.45) is 0. The molecule has 0 aromatic heterocycles. The highest BCUT2D eigenvalue weighted by atomic mass is 19.1. The second-order valence-corrected chi connectivity index (χ2v) is 6.15. The average Bonchev–Trinajstić information content (AvgIpc) is 2.59. The Kier molecular flexibility index (Phi) is 6.41. The maximum Gasteiger partial charge on any atom is 0.335 e. The molecule has 2 rings (SSSR count). The van der Waals surface area contributed by atoms with E-state index < -0.39 is 23.5 Å². The average molecular weight is 362 g/mol. The number of carbonyl (C=O) groups is 2. The zero-order valence-corrected chi connectivity index (χ0v) is 14.6. The van der Waals surface area contributed by atoms with Crippen LogP contribution < -0.4 is 0 Å². The first-order valence-corrected chi connectivity index (χ1v) is 7.99. The molecule has 0 fully saturated rings. The van der Waals surface area contributed by atoms with E-state index in [2.05, 4.69) is 0 Å². The van der Waals surface area contributed by atoms with Crippen molar-refractivity contribution >= 4 is 11.9 Å². The predicted molar refractivity (Wildman–Crippen MR) is 93.1 cm³/mol. The first-order chi connectivity index (χ1) is 12.3. The highest BCUT2D eigenvalue weighted by Crippen LogP contribution is 2.15. The van der Waals surface area contributed by atoms with Crippen LogP contribution in [-0.2, 0) is 6.54 Å². The van der Waals surface area contributed by atoms with E-state index in [1.807, 2.05) is 19.0 Å². The van der Waals surface area contributed by atoms with Crippen molar-refractivity contribution in [1.29, 1.82) is 0 Å². The zero-order valence-electron chi connectivity index (χ0n) is 14.6. The van der Waals surface area contributed by atoms with Crippen LogP contribution in [-0.4, -0.2) is 54.0 Å². The second kappa shape index (κ2) is 8.53. The molecule has 0 saturated heterocycles. The number of halogens is 2. The normalized spacial score (nSPS) is 10.8. The van der Waals surface area contributed by atoms with Crippen LogP contribution in [0.1, 0.15) is 26.3 Å². The number of benzene rings is 2. The van der Waals surface area contributed by atoms with Gasteiger partial charge in [-0.15, -0.1) is 0 Å². The van der Waals surface area contributed by atoms with Crippen molar-refractivity contribution in [1.82, 2.24) is 9.80 Å². The molecule has 0 aliphatic carbocycles. The molecule has 1 N–H and O–H groups in total. The number of hydrogen-bond acceptors (Lipinski definition) is 3. The summed E-state index contributed by atoms with van der Waals surface area (Å²) in [6.45, 7) is 0.795. The lowest BCUT2D eigenvalue weighted by atomic mass is 10.1. The Morgan fingerprint density at radius 1 is 1.00 bits per heavy atom. The van der Waals surface area contributed by atoms with Crippen LogP contribution in [0.3, 0.4) is 0 Å². The third-order valence-corrected chi connectivity index (χ3v) is 3.84. The van der Waals surface area contributed by atoms with Gasteiger partial charge in [0.2, 0.25) is 0 Å². The van der Waals surface area contributed by atoms with Gasteiger partial charge in [-0.25, -0.2) is 13.6 Å². The third kappa shape index (κ3) is 5.10. The van der Waals surface area contributed by atoms with Crippen molar-refractivity contribution in [3.8, 4) is 0 Å². The Morgan fingerprint density at radius 2 is 1.69 bits per heavy atom.